The van der Waals surface area contributed by atoms with E-state index in [0.717, 1.165) is 38.5 Å². The molecule has 0 spiro atoms. The van der Waals surface area contributed by atoms with Crippen molar-refractivity contribution < 1.29 is 9.63 Å². The lowest BCUT2D eigenvalue weighted by atomic mass is 10.0. The van der Waals surface area contributed by atoms with Gasteiger partial charge in [0.15, 0.2) is 6.17 Å². The first-order valence-electron chi connectivity index (χ1n) is 10.6. The van der Waals surface area contributed by atoms with Gasteiger partial charge in [-0.3, -0.25) is 0 Å². The van der Waals surface area contributed by atoms with E-state index in [1.807, 2.05) is 78.9 Å². The maximum absolute atomic E-state index is 13.4. The predicted molar refractivity (Wildman–Crippen MR) is 129 cm³/mol. The monoisotopic (exact) mass is 416 g/mol. The van der Waals surface area contributed by atoms with Gasteiger partial charge in [0.1, 0.15) is 0 Å². The largest absolute Gasteiger partial charge is 0.441 e. The Morgan fingerprint density at radius 2 is 1.19 bits per heavy atom. The molecule has 0 unspecified atom stereocenters. The molecule has 1 aliphatic rings. The van der Waals surface area contributed by atoms with Gasteiger partial charge < -0.3 is 4.84 Å². The van der Waals surface area contributed by atoms with Crippen molar-refractivity contribution in [1.82, 2.24) is 0 Å². The molecule has 1 saturated heterocycles. The first kappa shape index (κ1) is 18.5. The first-order chi connectivity index (χ1) is 15.8. The molecule has 1 fully saturated rings. The standard InChI is InChI=1S/C28H20N2O2/c31-28-29(26-19-9-13-21-11-5-7-17-24(21)26)27(30(32-28)22-14-2-1-3-15-22)25-18-8-12-20-10-4-6-16-23(20)25/h1-19,27H/t27-/m1/s1. The van der Waals surface area contributed by atoms with Crippen LogP contribution in [-0.2, 0) is 4.84 Å². The van der Waals surface area contributed by atoms with Gasteiger partial charge in [-0.15, -0.1) is 0 Å². The summed E-state index contributed by atoms with van der Waals surface area (Å²) in [6.07, 6.45) is -0.857. The van der Waals surface area contributed by atoms with E-state index in [9.17, 15) is 4.79 Å². The molecular formula is C28H20N2O2. The van der Waals surface area contributed by atoms with Gasteiger partial charge in [-0.05, 0) is 34.4 Å². The molecule has 1 amide bonds. The van der Waals surface area contributed by atoms with Gasteiger partial charge in [0.2, 0.25) is 0 Å². The summed E-state index contributed by atoms with van der Waals surface area (Å²) in [5.41, 5.74) is 2.65. The highest BCUT2D eigenvalue weighted by Gasteiger charge is 2.44. The summed E-state index contributed by atoms with van der Waals surface area (Å²) in [4.78, 5) is 21.0. The van der Waals surface area contributed by atoms with Crippen molar-refractivity contribution in [1.29, 1.82) is 0 Å². The molecule has 32 heavy (non-hydrogen) atoms. The second-order valence-corrected chi connectivity index (χ2v) is 7.83. The molecule has 1 aliphatic heterocycles. The van der Waals surface area contributed by atoms with E-state index < -0.39 is 12.3 Å². The zero-order chi connectivity index (χ0) is 21.5. The van der Waals surface area contributed by atoms with Crippen molar-refractivity contribution in [2.24, 2.45) is 0 Å². The molecule has 154 valence electrons. The van der Waals surface area contributed by atoms with Crippen LogP contribution in [0, 0.1) is 0 Å². The third kappa shape index (κ3) is 2.88. The van der Waals surface area contributed by atoms with Crippen LogP contribution in [0.15, 0.2) is 115 Å². The molecule has 4 heteroatoms. The van der Waals surface area contributed by atoms with E-state index in [4.69, 9.17) is 4.84 Å². The number of carbonyl (C=O) groups is 1. The predicted octanol–water partition coefficient (Wildman–Crippen LogP) is 7.07. The van der Waals surface area contributed by atoms with Crippen LogP contribution in [-0.4, -0.2) is 6.09 Å². The van der Waals surface area contributed by atoms with E-state index in [2.05, 4.69) is 36.4 Å². The zero-order valence-corrected chi connectivity index (χ0v) is 17.3. The molecule has 5 aromatic rings. The van der Waals surface area contributed by atoms with E-state index in [1.165, 1.54) is 0 Å². The Morgan fingerprint density at radius 1 is 0.594 bits per heavy atom. The Labute approximate surface area is 185 Å². The van der Waals surface area contributed by atoms with Gasteiger partial charge >= 0.3 is 6.09 Å². The Morgan fingerprint density at radius 3 is 1.97 bits per heavy atom. The Bertz CT molecular complexity index is 1440. The number of hydroxylamine groups is 1. The number of rotatable bonds is 3. The smallest absolute Gasteiger partial charge is 0.319 e. The number of para-hydroxylation sites is 1. The molecule has 0 radical (unpaired) electrons. The topological polar surface area (TPSA) is 32.8 Å². The summed E-state index contributed by atoms with van der Waals surface area (Å²) in [5.74, 6) is 0. The van der Waals surface area contributed by atoms with Gasteiger partial charge in [0.05, 0.1) is 11.4 Å². The number of carbonyl (C=O) groups excluding carboxylic acids is 1. The molecule has 4 nitrogen and oxygen atoms in total. The average Bonchev–Trinajstić information content (AvgIpc) is 3.20. The van der Waals surface area contributed by atoms with Gasteiger partial charge in [0.25, 0.3) is 0 Å². The van der Waals surface area contributed by atoms with Crippen molar-refractivity contribution in [2.45, 2.75) is 6.17 Å². The molecular weight excluding hydrogens is 396 g/mol. The molecule has 0 aromatic heterocycles. The lowest BCUT2D eigenvalue weighted by molar-refractivity contribution is 0.164. The number of hydrogen-bond donors (Lipinski definition) is 0. The minimum Gasteiger partial charge on any atom is -0.319 e. The van der Waals surface area contributed by atoms with Crippen LogP contribution < -0.4 is 9.96 Å². The van der Waals surface area contributed by atoms with Crippen molar-refractivity contribution >= 4 is 39.0 Å². The van der Waals surface area contributed by atoms with E-state index >= 15 is 0 Å². The molecule has 0 aliphatic carbocycles. The maximum atomic E-state index is 13.4. The fraction of sp³-hybridized carbons (Fsp3) is 0.0357. The van der Waals surface area contributed by atoms with Crippen LogP contribution in [0.2, 0.25) is 0 Å². The van der Waals surface area contributed by atoms with Crippen LogP contribution in [0.4, 0.5) is 16.2 Å². The summed E-state index contributed by atoms with van der Waals surface area (Å²) in [6.45, 7) is 0. The van der Waals surface area contributed by atoms with Crippen molar-refractivity contribution in [3.63, 3.8) is 0 Å². The molecule has 5 aromatic carbocycles. The Kier molecular flexibility index (Phi) is 4.29. The fourth-order valence-electron chi connectivity index (χ4n) is 4.54. The van der Waals surface area contributed by atoms with E-state index in [-0.39, 0.29) is 0 Å². The molecule has 1 heterocycles. The van der Waals surface area contributed by atoms with Crippen LogP contribution in [0.3, 0.4) is 0 Å². The van der Waals surface area contributed by atoms with Crippen LogP contribution in [0.5, 0.6) is 0 Å². The third-order valence-electron chi connectivity index (χ3n) is 5.98. The summed E-state index contributed by atoms with van der Waals surface area (Å²) in [5, 5.41) is 6.01. The maximum Gasteiger partial charge on any atom is 0.441 e. The lowest BCUT2D eigenvalue weighted by Crippen LogP contribution is -2.32. The van der Waals surface area contributed by atoms with E-state index in [1.54, 1.807) is 9.96 Å². The number of fused-ring (bicyclic) bond motifs is 2. The lowest BCUT2D eigenvalue weighted by Gasteiger charge is -2.29. The van der Waals surface area contributed by atoms with Crippen LogP contribution >= 0.6 is 0 Å². The molecule has 0 bridgehead atoms. The molecule has 6 rings (SSSR count). The normalized spacial score (nSPS) is 16.0. The number of hydrogen-bond acceptors (Lipinski definition) is 3. The molecule has 0 N–H and O–H groups in total. The first-order valence-corrected chi connectivity index (χ1v) is 10.6. The summed E-state index contributed by atoms with van der Waals surface area (Å²) < 4.78 is 0. The van der Waals surface area contributed by atoms with Gasteiger partial charge in [-0.1, -0.05) is 97.1 Å². The minimum absolute atomic E-state index is 0.400. The summed E-state index contributed by atoms with van der Waals surface area (Å²) >= 11 is 0. The third-order valence-corrected chi connectivity index (χ3v) is 5.98. The average molecular weight is 416 g/mol. The van der Waals surface area contributed by atoms with Crippen molar-refractivity contribution in [3.8, 4) is 0 Å². The Balaban J connectivity index is 1.62. The van der Waals surface area contributed by atoms with Crippen molar-refractivity contribution in [3.05, 3.63) is 121 Å². The van der Waals surface area contributed by atoms with Crippen molar-refractivity contribution in [2.75, 3.05) is 9.96 Å². The number of amides is 1. The fourth-order valence-corrected chi connectivity index (χ4v) is 4.54. The van der Waals surface area contributed by atoms with Gasteiger partial charge in [0, 0.05) is 10.9 Å². The van der Waals surface area contributed by atoms with Gasteiger partial charge in [-0.2, -0.15) is 5.06 Å². The summed E-state index contributed by atoms with van der Waals surface area (Å²) in [7, 11) is 0. The summed E-state index contributed by atoms with van der Waals surface area (Å²) in [6, 6.07) is 38.3. The van der Waals surface area contributed by atoms with E-state index in [0.29, 0.717) is 0 Å². The highest BCUT2D eigenvalue weighted by atomic mass is 16.7. The number of anilines is 2. The highest BCUT2D eigenvalue weighted by Crippen LogP contribution is 2.43. The van der Waals surface area contributed by atoms with Crippen LogP contribution in [0.1, 0.15) is 11.7 Å². The minimum atomic E-state index is -0.457. The number of nitrogens with zero attached hydrogens (tertiary/aromatic N) is 2. The molecule has 0 saturated carbocycles. The molecule has 1 atom stereocenters. The highest BCUT2D eigenvalue weighted by molar-refractivity contribution is 6.04. The second kappa shape index (κ2) is 7.43. The Hall–Kier alpha value is -4.31. The van der Waals surface area contributed by atoms with Gasteiger partial charge in [-0.25, -0.2) is 9.69 Å². The SMILES string of the molecule is O=C1ON(c2ccccc2)[C@H](c2cccc3ccccc23)N1c1cccc2ccccc12. The number of benzene rings is 5. The van der Waals surface area contributed by atoms with Crippen LogP contribution in [0.25, 0.3) is 21.5 Å². The zero-order valence-electron chi connectivity index (χ0n) is 17.3. The second-order valence-electron chi connectivity index (χ2n) is 7.83. The quantitative estimate of drug-likeness (QED) is 0.315.